The summed E-state index contributed by atoms with van der Waals surface area (Å²) in [5, 5.41) is 0.438. The number of anilines is 1. The van der Waals surface area contributed by atoms with E-state index in [4.69, 9.17) is 21.1 Å². The third kappa shape index (κ3) is 12.0. The summed E-state index contributed by atoms with van der Waals surface area (Å²) in [5.41, 5.74) is 7.47. The highest BCUT2D eigenvalue weighted by molar-refractivity contribution is 6.32. The first-order valence-corrected chi connectivity index (χ1v) is 17.9. The van der Waals surface area contributed by atoms with Gasteiger partial charge in [0.2, 0.25) is 11.8 Å². The number of benzene rings is 4. The molecule has 11 heteroatoms. The molecular weight excluding hydrogens is 746 g/mol. The summed E-state index contributed by atoms with van der Waals surface area (Å²) in [7, 11) is 2.02. The monoisotopic (exact) mass is 790 g/mol. The number of hydrogen-bond donors (Lipinski definition) is 0. The van der Waals surface area contributed by atoms with Crippen LogP contribution in [-0.2, 0) is 24.4 Å². The third-order valence-corrected chi connectivity index (χ3v) is 9.51. The van der Waals surface area contributed by atoms with Crippen LogP contribution in [0.2, 0.25) is 5.02 Å². The Labute approximate surface area is 335 Å². The molecule has 1 aromatic heterocycles. The highest BCUT2D eigenvalue weighted by Gasteiger charge is 2.20. The second-order valence-electron chi connectivity index (χ2n) is 13.3. The van der Waals surface area contributed by atoms with Crippen LogP contribution in [0.15, 0.2) is 109 Å². The maximum absolute atomic E-state index is 13.2. The lowest BCUT2D eigenvalue weighted by molar-refractivity contribution is -0.127. The Morgan fingerprint density at radius 3 is 2.19 bits per heavy atom. The van der Waals surface area contributed by atoms with E-state index in [9.17, 15) is 9.18 Å². The second kappa shape index (κ2) is 20.2. The summed E-state index contributed by atoms with van der Waals surface area (Å²) in [6.07, 6.45) is 5.96. The van der Waals surface area contributed by atoms with E-state index in [1.54, 1.807) is 42.6 Å². The highest BCUT2D eigenvalue weighted by Crippen LogP contribution is 2.34. The Balaban J connectivity index is 0.00000325. The molecule has 1 aliphatic rings. The van der Waals surface area contributed by atoms with Gasteiger partial charge in [0.1, 0.15) is 18.2 Å². The highest BCUT2D eigenvalue weighted by atomic mass is 35.5. The summed E-state index contributed by atoms with van der Waals surface area (Å²) >= 11 is 6.63. The molecule has 4 aromatic carbocycles. The van der Waals surface area contributed by atoms with Crippen molar-refractivity contribution in [3.05, 3.63) is 154 Å². The number of amides is 1. The first-order valence-electron chi connectivity index (χ1n) is 17.5. The van der Waals surface area contributed by atoms with Crippen molar-refractivity contribution in [3.63, 3.8) is 0 Å². The van der Waals surface area contributed by atoms with Gasteiger partial charge in [-0.3, -0.25) is 9.69 Å². The van der Waals surface area contributed by atoms with Crippen LogP contribution in [0, 0.1) is 19.7 Å². The molecule has 0 bridgehead atoms. The fourth-order valence-corrected chi connectivity index (χ4v) is 6.35. The summed E-state index contributed by atoms with van der Waals surface area (Å²) in [6.45, 7) is 9.10. The van der Waals surface area contributed by atoms with E-state index in [1.807, 2.05) is 43.1 Å². The van der Waals surface area contributed by atoms with Crippen LogP contribution in [0.3, 0.4) is 0 Å². The molecule has 2 heterocycles. The zero-order chi connectivity index (χ0) is 36.5. The van der Waals surface area contributed by atoms with Gasteiger partial charge in [0.05, 0.1) is 11.2 Å². The number of hydrogen-bond acceptors (Lipinski definition) is 6. The zero-order valence-electron chi connectivity index (χ0n) is 30.7. The van der Waals surface area contributed by atoms with Gasteiger partial charge in [0, 0.05) is 64.1 Å². The normalized spacial score (nSPS) is 12.9. The quantitative estimate of drug-likeness (QED) is 0.111. The largest absolute Gasteiger partial charge is 0.487 e. The van der Waals surface area contributed by atoms with Gasteiger partial charge in [0.15, 0.2) is 5.75 Å². The number of carbonyl (C=O) groups is 1. The van der Waals surface area contributed by atoms with E-state index in [-0.39, 0.29) is 36.5 Å². The van der Waals surface area contributed by atoms with Gasteiger partial charge in [-0.25, -0.2) is 9.37 Å². The maximum Gasteiger partial charge on any atom is 0.246 e. The minimum absolute atomic E-state index is 0. The van der Waals surface area contributed by atoms with Gasteiger partial charge in [-0.15, -0.1) is 24.8 Å². The number of aromatic nitrogens is 1. The van der Waals surface area contributed by atoms with Crippen molar-refractivity contribution in [2.45, 2.75) is 33.4 Å². The van der Waals surface area contributed by atoms with E-state index in [2.05, 4.69) is 58.1 Å². The average molecular weight is 792 g/mol. The van der Waals surface area contributed by atoms with Crippen molar-refractivity contribution < 1.29 is 18.7 Å². The van der Waals surface area contributed by atoms with Crippen molar-refractivity contribution in [2.75, 3.05) is 44.7 Å². The summed E-state index contributed by atoms with van der Waals surface area (Å²) in [4.78, 5) is 23.9. The number of nitrogens with zero attached hydrogens (tertiary/aromatic N) is 4. The topological polar surface area (TPSA) is 58.1 Å². The van der Waals surface area contributed by atoms with E-state index in [0.717, 1.165) is 55.0 Å². The molecule has 1 amide bonds. The molecule has 0 spiro atoms. The van der Waals surface area contributed by atoms with E-state index in [1.165, 1.54) is 28.8 Å². The first kappa shape index (κ1) is 42.1. The van der Waals surface area contributed by atoms with Crippen LogP contribution in [0.4, 0.5) is 10.1 Å². The Morgan fingerprint density at radius 1 is 0.870 bits per heavy atom. The average Bonchev–Trinajstić information content (AvgIpc) is 3.16. The van der Waals surface area contributed by atoms with Crippen LogP contribution in [-0.4, -0.2) is 60.5 Å². The van der Waals surface area contributed by atoms with Crippen molar-refractivity contribution >= 4 is 54.1 Å². The molecule has 1 fully saturated rings. The Kier molecular flexibility index (Phi) is 15.8. The van der Waals surface area contributed by atoms with Crippen LogP contribution in [0.1, 0.15) is 33.4 Å². The van der Waals surface area contributed by atoms with Crippen LogP contribution in [0.25, 0.3) is 6.08 Å². The van der Waals surface area contributed by atoms with Crippen LogP contribution in [0.5, 0.6) is 17.4 Å². The molecular formula is C43H46Cl3FN4O3. The molecule has 0 aliphatic carbocycles. The predicted molar refractivity (Wildman–Crippen MR) is 221 cm³/mol. The van der Waals surface area contributed by atoms with Gasteiger partial charge >= 0.3 is 0 Å². The molecule has 54 heavy (non-hydrogen) atoms. The number of ether oxygens (including phenoxy) is 2. The number of aryl methyl sites for hydroxylation is 2. The van der Waals surface area contributed by atoms with E-state index < -0.39 is 0 Å². The Morgan fingerprint density at radius 2 is 1.54 bits per heavy atom. The van der Waals surface area contributed by atoms with Gasteiger partial charge < -0.3 is 19.3 Å². The molecule has 6 rings (SSSR count). The molecule has 0 saturated carbocycles. The number of likely N-dealkylation sites (N-methyl/N-ethyl adjacent to an activating group) is 1. The number of rotatable bonds is 13. The van der Waals surface area contributed by atoms with Crippen LogP contribution < -0.4 is 14.4 Å². The lowest BCUT2D eigenvalue weighted by Crippen LogP contribution is -2.47. The lowest BCUT2D eigenvalue weighted by Gasteiger charge is -2.34. The predicted octanol–water partition coefficient (Wildman–Crippen LogP) is 9.74. The van der Waals surface area contributed by atoms with Gasteiger partial charge in [-0.05, 0) is 96.6 Å². The number of carbonyl (C=O) groups excluding carboxylic acids is 1. The molecule has 5 aromatic rings. The minimum Gasteiger partial charge on any atom is -0.487 e. The molecule has 1 aliphatic heterocycles. The molecule has 0 unspecified atom stereocenters. The van der Waals surface area contributed by atoms with Crippen molar-refractivity contribution in [3.8, 4) is 17.4 Å². The smallest absolute Gasteiger partial charge is 0.246 e. The van der Waals surface area contributed by atoms with Crippen molar-refractivity contribution in [1.29, 1.82) is 0 Å². The summed E-state index contributed by atoms with van der Waals surface area (Å²) in [6, 6.07) is 30.9. The van der Waals surface area contributed by atoms with Crippen molar-refractivity contribution in [1.82, 2.24) is 14.8 Å². The van der Waals surface area contributed by atoms with Gasteiger partial charge in [-0.2, -0.15) is 0 Å². The standard InChI is InChI=1S/C43H44ClFN4O3.2ClH/c1-31-4-6-35(7-5-31)30-51-39-17-18-41(46-28-39)52-43-32(2)26-36(27-40(43)44)12-19-42(50)49-24-22-48(23-25-49)29-34-10-8-33(9-11-34)20-21-47(3)38-15-13-37(45)14-16-38;;/h4-19,26-28H,20-25,29-30H2,1-3H3;2*1H. The number of pyridine rings is 1. The number of piperazine rings is 1. The molecule has 7 nitrogen and oxygen atoms in total. The Bertz CT molecular complexity index is 1950. The van der Waals surface area contributed by atoms with E-state index in [0.29, 0.717) is 42.1 Å². The van der Waals surface area contributed by atoms with Gasteiger partial charge in [-0.1, -0.05) is 65.7 Å². The minimum atomic E-state index is -0.221. The lowest BCUT2D eigenvalue weighted by atomic mass is 10.1. The second-order valence-corrected chi connectivity index (χ2v) is 13.7. The fourth-order valence-electron chi connectivity index (χ4n) is 6.04. The molecule has 0 radical (unpaired) electrons. The molecule has 0 atom stereocenters. The third-order valence-electron chi connectivity index (χ3n) is 9.23. The van der Waals surface area contributed by atoms with E-state index >= 15 is 0 Å². The SMILES string of the molecule is Cc1ccc(COc2ccc(Oc3c(C)cc(C=CC(=O)N4CCN(Cc5ccc(CCN(C)c6ccc(F)cc6)cc5)CC4)cc3Cl)nc2)cc1.Cl.Cl. The zero-order valence-corrected chi connectivity index (χ0v) is 33.1. The Hall–Kier alpha value is -4.60. The summed E-state index contributed by atoms with van der Waals surface area (Å²) in [5.74, 6) is 1.34. The molecule has 284 valence electrons. The van der Waals surface area contributed by atoms with Gasteiger partial charge in [0.25, 0.3) is 0 Å². The number of halogens is 4. The van der Waals surface area contributed by atoms with Crippen molar-refractivity contribution in [2.24, 2.45) is 0 Å². The fraction of sp³-hybridized carbons (Fsp3) is 0.256. The molecule has 0 N–H and O–H groups in total. The first-order chi connectivity index (χ1) is 25.2. The summed E-state index contributed by atoms with van der Waals surface area (Å²) < 4.78 is 25.1. The molecule has 1 saturated heterocycles. The maximum atomic E-state index is 13.2. The van der Waals surface area contributed by atoms with Crippen LogP contribution >= 0.6 is 36.4 Å².